The fraction of sp³-hybridized carbons (Fsp3) is 0.226. The van der Waals surface area contributed by atoms with Crippen molar-refractivity contribution in [2.75, 3.05) is 16.7 Å². The van der Waals surface area contributed by atoms with Gasteiger partial charge in [0.2, 0.25) is 5.91 Å². The fourth-order valence-corrected chi connectivity index (χ4v) is 5.65. The van der Waals surface area contributed by atoms with Crippen molar-refractivity contribution in [3.05, 3.63) is 107 Å². The van der Waals surface area contributed by atoms with Crippen LogP contribution >= 0.6 is 0 Å². The molecule has 0 aliphatic carbocycles. The Bertz CT molecular complexity index is 1770. The molecule has 13 heteroatoms. The molecular weight excluding hydrogens is 608 g/mol. The fourth-order valence-electron chi connectivity index (χ4n) is 4.63. The molecule has 44 heavy (non-hydrogen) atoms. The number of hydrogen-bond donors (Lipinski definition) is 1. The van der Waals surface area contributed by atoms with Crippen molar-refractivity contribution < 1.29 is 39.6 Å². The number of halogens is 6. The number of benzene rings is 3. The molecule has 1 aromatic heterocycles. The molecule has 0 radical (unpaired) electrons. The Morgan fingerprint density at radius 2 is 1.30 bits per heavy atom. The van der Waals surface area contributed by atoms with Crippen LogP contribution in [0.2, 0.25) is 0 Å². The number of nitrogens with zero attached hydrogens (tertiary/aromatic N) is 2. The van der Waals surface area contributed by atoms with Crippen LogP contribution in [0.25, 0.3) is 11.1 Å². The van der Waals surface area contributed by atoms with Gasteiger partial charge in [-0.2, -0.15) is 26.3 Å². The van der Waals surface area contributed by atoms with Gasteiger partial charge < -0.3 is 4.90 Å². The minimum absolute atomic E-state index is 0.00317. The second-order valence-electron chi connectivity index (χ2n) is 10.6. The lowest BCUT2D eigenvalue weighted by molar-refractivity contribution is -0.143. The molecule has 0 unspecified atom stereocenters. The highest BCUT2D eigenvalue weighted by Crippen LogP contribution is 2.41. The van der Waals surface area contributed by atoms with Crippen molar-refractivity contribution in [2.45, 2.75) is 43.4 Å². The summed E-state index contributed by atoms with van der Waals surface area (Å²) in [5, 5.41) is 0. The molecule has 0 fully saturated rings. The van der Waals surface area contributed by atoms with E-state index in [1.54, 1.807) is 49.4 Å². The van der Waals surface area contributed by atoms with Crippen LogP contribution in [-0.4, -0.2) is 26.4 Å². The molecule has 0 saturated carbocycles. The first-order valence-electron chi connectivity index (χ1n) is 13.0. The first-order chi connectivity index (χ1) is 20.3. The normalized spacial score (nSPS) is 12.6. The lowest BCUT2D eigenvalue weighted by atomic mass is 9.81. The first-order valence-corrected chi connectivity index (χ1v) is 14.5. The summed E-state index contributed by atoms with van der Waals surface area (Å²) in [6.45, 7) is 4.23. The van der Waals surface area contributed by atoms with Crippen molar-refractivity contribution in [3.63, 3.8) is 0 Å². The Hall–Kier alpha value is -4.39. The monoisotopic (exact) mass is 635 g/mol. The minimum Gasteiger partial charge on any atom is -0.313 e. The number of amides is 1. The Balaban J connectivity index is 1.81. The van der Waals surface area contributed by atoms with Gasteiger partial charge in [0.15, 0.2) is 0 Å². The van der Waals surface area contributed by atoms with E-state index in [1.807, 2.05) is 0 Å². The maximum atomic E-state index is 13.9. The summed E-state index contributed by atoms with van der Waals surface area (Å²) in [6.07, 6.45) is -8.97. The van der Waals surface area contributed by atoms with Crippen LogP contribution in [0, 0.1) is 6.92 Å². The number of carbonyl (C=O) groups is 1. The Kier molecular flexibility index (Phi) is 8.58. The number of carbonyl (C=O) groups excluding carboxylic acids is 1. The van der Waals surface area contributed by atoms with Crippen LogP contribution < -0.4 is 9.62 Å². The predicted octanol–water partition coefficient (Wildman–Crippen LogP) is 7.84. The molecule has 6 nitrogen and oxygen atoms in total. The molecule has 0 aliphatic heterocycles. The number of pyridine rings is 1. The van der Waals surface area contributed by atoms with Gasteiger partial charge in [0, 0.05) is 12.6 Å². The molecule has 0 spiro atoms. The van der Waals surface area contributed by atoms with Gasteiger partial charge in [0.25, 0.3) is 10.0 Å². The SMILES string of the molecule is Cc1ccccc1-c1cc(NS(=O)(=O)c2ccccc2)ncc1N(C)C(=O)C(C)(C)c1cc(C(F)(F)F)cc(C(F)(F)F)c1. The molecule has 4 rings (SSSR count). The Labute approximate surface area is 250 Å². The number of hydrogen-bond acceptors (Lipinski definition) is 4. The number of nitrogens with one attached hydrogen (secondary N) is 1. The van der Waals surface area contributed by atoms with E-state index in [1.165, 1.54) is 45.3 Å². The maximum absolute atomic E-state index is 13.9. The second kappa shape index (κ2) is 11.6. The highest BCUT2D eigenvalue weighted by Gasteiger charge is 2.41. The summed E-state index contributed by atoms with van der Waals surface area (Å²) >= 11 is 0. The lowest BCUT2D eigenvalue weighted by Crippen LogP contribution is -2.42. The van der Waals surface area contributed by atoms with Gasteiger partial charge in [-0.1, -0.05) is 42.5 Å². The van der Waals surface area contributed by atoms with E-state index in [2.05, 4.69) is 9.71 Å². The second-order valence-corrected chi connectivity index (χ2v) is 12.3. The summed E-state index contributed by atoms with van der Waals surface area (Å²) < 4.78 is 110. The number of rotatable bonds is 7. The van der Waals surface area contributed by atoms with Crippen LogP contribution in [0.15, 0.2) is 90.0 Å². The molecule has 3 aromatic carbocycles. The summed E-state index contributed by atoms with van der Waals surface area (Å²) in [4.78, 5) is 19.1. The van der Waals surface area contributed by atoms with Crippen molar-refractivity contribution in [3.8, 4) is 11.1 Å². The third-order valence-corrected chi connectivity index (χ3v) is 8.49. The van der Waals surface area contributed by atoms with E-state index < -0.39 is 50.4 Å². The van der Waals surface area contributed by atoms with Crippen molar-refractivity contribution in [2.24, 2.45) is 0 Å². The van der Waals surface area contributed by atoms with Gasteiger partial charge in [-0.05, 0) is 73.9 Å². The quantitative estimate of drug-likeness (QED) is 0.210. The van der Waals surface area contributed by atoms with Crippen LogP contribution in [0.1, 0.15) is 36.1 Å². The average molecular weight is 636 g/mol. The number of sulfonamides is 1. The van der Waals surface area contributed by atoms with Crippen molar-refractivity contribution in [1.82, 2.24) is 4.98 Å². The van der Waals surface area contributed by atoms with E-state index in [-0.39, 0.29) is 22.5 Å². The van der Waals surface area contributed by atoms with Gasteiger partial charge in [0.1, 0.15) is 5.82 Å². The molecule has 4 aromatic rings. The molecule has 0 saturated heterocycles. The van der Waals surface area contributed by atoms with Crippen LogP contribution in [-0.2, 0) is 32.6 Å². The summed E-state index contributed by atoms with van der Waals surface area (Å²) in [5.74, 6) is -0.914. The molecule has 0 atom stereocenters. The van der Waals surface area contributed by atoms with Gasteiger partial charge in [-0.15, -0.1) is 0 Å². The topological polar surface area (TPSA) is 79.4 Å². The van der Waals surface area contributed by atoms with Crippen LogP contribution in [0.4, 0.5) is 37.8 Å². The van der Waals surface area contributed by atoms with Crippen molar-refractivity contribution in [1.29, 1.82) is 0 Å². The zero-order chi connectivity index (χ0) is 32.7. The number of aryl methyl sites for hydroxylation is 1. The van der Waals surface area contributed by atoms with Gasteiger partial charge in [-0.3, -0.25) is 9.52 Å². The zero-order valence-electron chi connectivity index (χ0n) is 23.9. The standard InChI is InChI=1S/C31H27F6N3O3S/c1-19-10-8-9-13-24(19)25-17-27(39-44(42,43)23-11-6-5-7-12-23)38-18-26(25)40(4)28(41)29(2,3)20-14-21(30(32,33)34)16-22(15-20)31(35,36)37/h5-18H,1-4H3,(H,38,39). The molecular formula is C31H27F6N3O3S. The van der Waals surface area contributed by atoms with E-state index in [0.29, 0.717) is 23.3 Å². The highest BCUT2D eigenvalue weighted by atomic mass is 32.2. The number of likely N-dealkylation sites (N-methyl/N-ethyl adjacent to an activating group) is 1. The minimum atomic E-state index is -5.09. The van der Waals surface area contributed by atoms with Gasteiger partial charge in [0.05, 0.1) is 33.3 Å². The zero-order valence-corrected chi connectivity index (χ0v) is 24.7. The van der Waals surface area contributed by atoms with Crippen LogP contribution in [0.5, 0.6) is 0 Å². The number of aromatic nitrogens is 1. The number of anilines is 2. The smallest absolute Gasteiger partial charge is 0.313 e. The summed E-state index contributed by atoms with van der Waals surface area (Å²) in [5.41, 5.74) is -3.63. The van der Waals surface area contributed by atoms with E-state index in [4.69, 9.17) is 0 Å². The third kappa shape index (κ3) is 6.72. The summed E-state index contributed by atoms with van der Waals surface area (Å²) in [6, 6.07) is 17.0. The van der Waals surface area contributed by atoms with Gasteiger partial charge in [-0.25, -0.2) is 13.4 Å². The number of alkyl halides is 6. The third-order valence-electron chi connectivity index (χ3n) is 7.12. The molecule has 0 aliphatic rings. The van der Waals surface area contributed by atoms with Gasteiger partial charge >= 0.3 is 12.4 Å². The highest BCUT2D eigenvalue weighted by molar-refractivity contribution is 7.92. The van der Waals surface area contributed by atoms with E-state index in [9.17, 15) is 39.6 Å². The Morgan fingerprint density at radius 3 is 1.84 bits per heavy atom. The molecule has 0 bridgehead atoms. The van der Waals surface area contributed by atoms with E-state index in [0.717, 1.165) is 10.5 Å². The molecule has 1 amide bonds. The first kappa shape index (κ1) is 32.5. The van der Waals surface area contributed by atoms with E-state index >= 15 is 0 Å². The molecule has 1 heterocycles. The Morgan fingerprint density at radius 1 is 0.773 bits per heavy atom. The summed E-state index contributed by atoms with van der Waals surface area (Å²) in [7, 11) is -2.73. The molecule has 232 valence electrons. The molecule has 1 N–H and O–H groups in total. The largest absolute Gasteiger partial charge is 0.416 e. The lowest BCUT2D eigenvalue weighted by Gasteiger charge is -2.32. The van der Waals surface area contributed by atoms with Crippen molar-refractivity contribution >= 4 is 27.4 Å². The maximum Gasteiger partial charge on any atom is 0.416 e. The van der Waals surface area contributed by atoms with Crippen LogP contribution in [0.3, 0.4) is 0 Å². The average Bonchev–Trinajstić information content (AvgIpc) is 2.95. The predicted molar refractivity (Wildman–Crippen MR) is 155 cm³/mol.